The topological polar surface area (TPSA) is 130 Å². The van der Waals surface area contributed by atoms with Crippen molar-refractivity contribution >= 4 is 16.0 Å². The van der Waals surface area contributed by atoms with Crippen molar-refractivity contribution in [1.29, 1.82) is 0 Å². The molecule has 0 aliphatic heterocycles. The van der Waals surface area contributed by atoms with Crippen molar-refractivity contribution in [2.24, 2.45) is 0 Å². The summed E-state index contributed by atoms with van der Waals surface area (Å²) in [6.45, 7) is 4.08. The Morgan fingerprint density at radius 2 is 1.96 bits per heavy atom. The molecule has 0 unspecified atom stereocenters. The second-order valence-electron chi connectivity index (χ2n) is 5.23. The van der Waals surface area contributed by atoms with Gasteiger partial charge in [-0.2, -0.15) is 4.31 Å². The SMILES string of the molecule is CCN(CC)S(=O)(=O)c1ccc(OC)c(-c2ncc(C(=O)O)c(=O)[nH]2)c1. The van der Waals surface area contributed by atoms with Gasteiger partial charge >= 0.3 is 5.97 Å². The van der Waals surface area contributed by atoms with Crippen LogP contribution in [-0.2, 0) is 10.0 Å². The van der Waals surface area contributed by atoms with Crippen LogP contribution in [-0.4, -0.2) is 54.0 Å². The summed E-state index contributed by atoms with van der Waals surface area (Å²) >= 11 is 0. The number of methoxy groups -OCH3 is 1. The predicted octanol–water partition coefficient (Wildman–Crippen LogP) is 1.17. The lowest BCUT2D eigenvalue weighted by Crippen LogP contribution is -2.30. The van der Waals surface area contributed by atoms with Crippen molar-refractivity contribution in [3.63, 3.8) is 0 Å². The minimum Gasteiger partial charge on any atom is -0.496 e. The highest BCUT2D eigenvalue weighted by Crippen LogP contribution is 2.30. The van der Waals surface area contributed by atoms with Crippen LogP contribution >= 0.6 is 0 Å². The fourth-order valence-electron chi connectivity index (χ4n) is 2.43. The lowest BCUT2D eigenvalue weighted by atomic mass is 10.2. The number of nitrogens with one attached hydrogen (secondary N) is 1. The monoisotopic (exact) mass is 381 g/mol. The number of hydrogen-bond acceptors (Lipinski definition) is 6. The smallest absolute Gasteiger partial charge is 0.342 e. The highest BCUT2D eigenvalue weighted by molar-refractivity contribution is 7.89. The largest absolute Gasteiger partial charge is 0.496 e. The Balaban J connectivity index is 2.64. The normalized spacial score (nSPS) is 11.5. The van der Waals surface area contributed by atoms with Crippen LogP contribution in [0, 0.1) is 0 Å². The number of nitrogens with zero attached hydrogens (tertiary/aromatic N) is 2. The molecule has 2 rings (SSSR count). The van der Waals surface area contributed by atoms with E-state index in [4.69, 9.17) is 9.84 Å². The molecule has 1 aromatic carbocycles. The van der Waals surface area contributed by atoms with E-state index in [1.807, 2.05) is 0 Å². The molecule has 26 heavy (non-hydrogen) atoms. The number of aromatic nitrogens is 2. The fourth-order valence-corrected chi connectivity index (χ4v) is 3.91. The van der Waals surface area contributed by atoms with Gasteiger partial charge in [0, 0.05) is 19.3 Å². The average Bonchev–Trinajstić information content (AvgIpc) is 2.61. The third-order valence-electron chi connectivity index (χ3n) is 3.80. The first-order chi connectivity index (χ1) is 12.3. The van der Waals surface area contributed by atoms with E-state index < -0.39 is 27.1 Å². The van der Waals surface area contributed by atoms with E-state index in [2.05, 4.69) is 9.97 Å². The molecule has 0 aliphatic carbocycles. The third-order valence-corrected chi connectivity index (χ3v) is 5.84. The molecule has 0 radical (unpaired) electrons. The number of sulfonamides is 1. The molecule has 0 saturated heterocycles. The van der Waals surface area contributed by atoms with Gasteiger partial charge in [0.1, 0.15) is 17.1 Å². The van der Waals surface area contributed by atoms with Gasteiger partial charge in [0.05, 0.1) is 17.6 Å². The maximum absolute atomic E-state index is 12.7. The molecule has 140 valence electrons. The molecule has 0 bridgehead atoms. The predicted molar refractivity (Wildman–Crippen MR) is 93.9 cm³/mol. The van der Waals surface area contributed by atoms with Gasteiger partial charge in [-0.15, -0.1) is 0 Å². The van der Waals surface area contributed by atoms with E-state index in [1.165, 1.54) is 29.6 Å². The molecule has 1 heterocycles. The standard InChI is InChI=1S/C16H19N3O6S/c1-4-19(5-2)26(23,24)10-6-7-13(25-3)11(8-10)14-17-9-12(16(21)22)15(20)18-14/h6-9H,4-5H2,1-3H3,(H,21,22)(H,17,18,20). The maximum atomic E-state index is 12.7. The first-order valence-corrected chi connectivity index (χ1v) is 9.21. The Kier molecular flexibility index (Phi) is 5.78. The number of ether oxygens (including phenoxy) is 1. The number of benzene rings is 1. The van der Waals surface area contributed by atoms with Gasteiger partial charge in [0.2, 0.25) is 10.0 Å². The van der Waals surface area contributed by atoms with Gasteiger partial charge in [-0.1, -0.05) is 13.8 Å². The number of rotatable bonds is 7. The lowest BCUT2D eigenvalue weighted by molar-refractivity contribution is 0.0694. The zero-order valence-corrected chi connectivity index (χ0v) is 15.3. The summed E-state index contributed by atoms with van der Waals surface area (Å²) in [6.07, 6.45) is 0.918. The van der Waals surface area contributed by atoms with Crippen molar-refractivity contribution in [1.82, 2.24) is 14.3 Å². The first kappa shape index (κ1) is 19.6. The molecular formula is C16H19N3O6S. The number of hydrogen-bond donors (Lipinski definition) is 2. The Labute approximate surface area is 150 Å². The molecule has 2 aromatic rings. The van der Waals surface area contributed by atoms with Crippen molar-refractivity contribution in [2.45, 2.75) is 18.7 Å². The summed E-state index contributed by atoms with van der Waals surface area (Å²) < 4.78 is 31.9. The number of aromatic amines is 1. The van der Waals surface area contributed by atoms with Crippen molar-refractivity contribution < 1.29 is 23.1 Å². The van der Waals surface area contributed by atoms with Crippen LogP contribution in [0.1, 0.15) is 24.2 Å². The van der Waals surface area contributed by atoms with Gasteiger partial charge in [-0.05, 0) is 18.2 Å². The van der Waals surface area contributed by atoms with Crippen LogP contribution in [0.25, 0.3) is 11.4 Å². The van der Waals surface area contributed by atoms with Gasteiger partial charge in [0.15, 0.2) is 0 Å². The minimum absolute atomic E-state index is 0.00782. The third kappa shape index (κ3) is 3.60. The fraction of sp³-hybridized carbons (Fsp3) is 0.312. The summed E-state index contributed by atoms with van der Waals surface area (Å²) in [4.78, 5) is 29.1. The zero-order valence-electron chi connectivity index (χ0n) is 14.5. The van der Waals surface area contributed by atoms with Crippen LogP contribution in [0.2, 0.25) is 0 Å². The number of H-pyrrole nitrogens is 1. The summed E-state index contributed by atoms with van der Waals surface area (Å²) in [6, 6.07) is 4.20. The lowest BCUT2D eigenvalue weighted by Gasteiger charge is -2.19. The van der Waals surface area contributed by atoms with Crippen LogP contribution in [0.3, 0.4) is 0 Å². The van der Waals surface area contributed by atoms with E-state index in [0.717, 1.165) is 6.20 Å². The summed E-state index contributed by atoms with van der Waals surface area (Å²) in [5, 5.41) is 8.92. The highest BCUT2D eigenvalue weighted by atomic mass is 32.2. The molecule has 2 N–H and O–H groups in total. The first-order valence-electron chi connectivity index (χ1n) is 7.77. The Morgan fingerprint density at radius 3 is 2.46 bits per heavy atom. The molecule has 0 amide bonds. The highest BCUT2D eigenvalue weighted by Gasteiger charge is 2.24. The number of carboxylic acids is 1. The Morgan fingerprint density at radius 1 is 1.31 bits per heavy atom. The van der Waals surface area contributed by atoms with Crippen molar-refractivity contribution in [3.8, 4) is 17.1 Å². The molecule has 0 fully saturated rings. The van der Waals surface area contributed by atoms with E-state index in [9.17, 15) is 18.0 Å². The molecular weight excluding hydrogens is 362 g/mol. The van der Waals surface area contributed by atoms with Crippen LogP contribution in [0.4, 0.5) is 0 Å². The quantitative estimate of drug-likeness (QED) is 0.736. The van der Waals surface area contributed by atoms with E-state index in [1.54, 1.807) is 13.8 Å². The van der Waals surface area contributed by atoms with E-state index in [0.29, 0.717) is 13.1 Å². The minimum atomic E-state index is -3.72. The number of carbonyl (C=O) groups is 1. The molecule has 0 saturated carbocycles. The van der Waals surface area contributed by atoms with Crippen LogP contribution in [0.15, 0.2) is 34.1 Å². The number of aromatic carboxylic acids is 1. The average molecular weight is 381 g/mol. The molecule has 10 heteroatoms. The molecule has 9 nitrogen and oxygen atoms in total. The second-order valence-corrected chi connectivity index (χ2v) is 7.17. The maximum Gasteiger partial charge on any atom is 0.342 e. The Hall–Kier alpha value is -2.72. The number of carboxylic acid groups (broad SMARTS) is 1. The second kappa shape index (κ2) is 7.67. The van der Waals surface area contributed by atoms with Crippen molar-refractivity contribution in [3.05, 3.63) is 40.3 Å². The van der Waals surface area contributed by atoms with E-state index >= 15 is 0 Å². The summed E-state index contributed by atoms with van der Waals surface area (Å²) in [5.74, 6) is -1.11. The molecule has 0 atom stereocenters. The molecule has 0 spiro atoms. The molecule has 1 aromatic heterocycles. The summed E-state index contributed by atoms with van der Waals surface area (Å²) in [5.41, 5.74) is -1.13. The van der Waals surface area contributed by atoms with Gasteiger partial charge in [-0.25, -0.2) is 18.2 Å². The van der Waals surface area contributed by atoms with Crippen LogP contribution < -0.4 is 10.3 Å². The van der Waals surface area contributed by atoms with Crippen molar-refractivity contribution in [2.75, 3.05) is 20.2 Å². The van der Waals surface area contributed by atoms with Crippen LogP contribution in [0.5, 0.6) is 5.75 Å². The Bertz CT molecular complexity index is 980. The zero-order chi connectivity index (χ0) is 19.5. The summed E-state index contributed by atoms with van der Waals surface area (Å²) in [7, 11) is -2.33. The van der Waals surface area contributed by atoms with Gasteiger partial charge in [-0.3, -0.25) is 4.79 Å². The van der Waals surface area contributed by atoms with Gasteiger partial charge in [0.25, 0.3) is 5.56 Å². The van der Waals surface area contributed by atoms with Gasteiger partial charge < -0.3 is 14.8 Å². The van der Waals surface area contributed by atoms with E-state index in [-0.39, 0.29) is 22.0 Å². The molecule has 0 aliphatic rings.